The van der Waals surface area contributed by atoms with Crippen molar-refractivity contribution in [2.75, 3.05) is 13.2 Å². The second-order valence-corrected chi connectivity index (χ2v) is 4.57. The van der Waals surface area contributed by atoms with Gasteiger partial charge in [0.1, 0.15) is 12.5 Å². The topological polar surface area (TPSA) is 52.6 Å². The molecule has 2 fully saturated rings. The summed E-state index contributed by atoms with van der Waals surface area (Å²) >= 11 is 0. The molecule has 1 spiro atoms. The van der Waals surface area contributed by atoms with E-state index in [1.165, 1.54) is 0 Å². The van der Waals surface area contributed by atoms with E-state index < -0.39 is 17.5 Å². The molecule has 1 unspecified atom stereocenters. The maximum Gasteiger partial charge on any atom is 0.319 e. The van der Waals surface area contributed by atoms with Crippen molar-refractivity contribution in [2.24, 2.45) is 5.92 Å². The average molecular weight is 226 g/mol. The van der Waals surface area contributed by atoms with Gasteiger partial charge in [0.25, 0.3) is 0 Å². The van der Waals surface area contributed by atoms with Crippen LogP contribution >= 0.6 is 0 Å². The van der Waals surface area contributed by atoms with Gasteiger partial charge in [-0.2, -0.15) is 0 Å². The molecular formula is C12H18O4. The summed E-state index contributed by atoms with van der Waals surface area (Å²) in [5.74, 6) is -1.18. The molecule has 90 valence electrons. The van der Waals surface area contributed by atoms with E-state index in [1.54, 1.807) is 6.92 Å². The molecule has 0 bridgehead atoms. The van der Waals surface area contributed by atoms with Crippen LogP contribution in [0.15, 0.2) is 0 Å². The van der Waals surface area contributed by atoms with Crippen LogP contribution in [0.1, 0.15) is 39.0 Å². The Morgan fingerprint density at radius 1 is 1.44 bits per heavy atom. The molecule has 1 atom stereocenters. The highest BCUT2D eigenvalue weighted by atomic mass is 16.5. The first-order chi connectivity index (χ1) is 7.69. The molecule has 4 heteroatoms. The lowest BCUT2D eigenvalue weighted by atomic mass is 9.75. The molecule has 2 rings (SSSR count). The fraction of sp³-hybridized carbons (Fsp3) is 0.833. The van der Waals surface area contributed by atoms with Gasteiger partial charge in [0.15, 0.2) is 5.78 Å². The third kappa shape index (κ3) is 1.86. The van der Waals surface area contributed by atoms with Gasteiger partial charge in [-0.05, 0) is 19.8 Å². The second kappa shape index (κ2) is 4.53. The number of rotatable bonds is 2. The maximum atomic E-state index is 11.8. The van der Waals surface area contributed by atoms with Crippen LogP contribution in [0, 0.1) is 5.92 Å². The van der Waals surface area contributed by atoms with Gasteiger partial charge in [-0.15, -0.1) is 0 Å². The molecule has 0 amide bonds. The second-order valence-electron chi connectivity index (χ2n) is 4.57. The normalized spacial score (nSPS) is 28.3. The average Bonchev–Trinajstić information content (AvgIpc) is 2.57. The number of Topliss-reactive ketones (excluding diaryl/α,β-unsaturated/α-hetero) is 1. The van der Waals surface area contributed by atoms with E-state index in [4.69, 9.17) is 9.47 Å². The first-order valence-electron chi connectivity index (χ1n) is 6.03. The van der Waals surface area contributed by atoms with Crippen molar-refractivity contribution in [2.45, 2.75) is 44.6 Å². The zero-order valence-corrected chi connectivity index (χ0v) is 9.66. The Hall–Kier alpha value is -0.900. The van der Waals surface area contributed by atoms with Crippen molar-refractivity contribution in [1.82, 2.24) is 0 Å². The van der Waals surface area contributed by atoms with Crippen LogP contribution in [-0.4, -0.2) is 30.6 Å². The molecule has 0 radical (unpaired) electrons. The van der Waals surface area contributed by atoms with E-state index in [-0.39, 0.29) is 12.4 Å². The lowest BCUT2D eigenvalue weighted by Gasteiger charge is -2.35. The van der Waals surface area contributed by atoms with E-state index in [0.29, 0.717) is 6.61 Å². The van der Waals surface area contributed by atoms with Gasteiger partial charge in [-0.25, -0.2) is 0 Å². The Balaban J connectivity index is 2.17. The van der Waals surface area contributed by atoms with E-state index in [9.17, 15) is 9.59 Å². The molecule has 0 aromatic rings. The number of esters is 1. The third-order valence-electron chi connectivity index (χ3n) is 3.57. The predicted octanol–water partition coefficient (Wildman–Crippen LogP) is 1.47. The predicted molar refractivity (Wildman–Crippen MR) is 56.9 cm³/mol. The summed E-state index contributed by atoms with van der Waals surface area (Å²) in [6.45, 7) is 2.15. The quantitative estimate of drug-likeness (QED) is 0.528. The molecule has 1 heterocycles. The summed E-state index contributed by atoms with van der Waals surface area (Å²) in [6.07, 6.45) is 4.84. The Morgan fingerprint density at radius 2 is 2.12 bits per heavy atom. The summed E-state index contributed by atoms with van der Waals surface area (Å²) < 4.78 is 10.6. The Kier molecular flexibility index (Phi) is 3.28. The van der Waals surface area contributed by atoms with Crippen LogP contribution in [-0.2, 0) is 19.1 Å². The maximum absolute atomic E-state index is 11.8. The molecule has 1 saturated carbocycles. The molecule has 0 aromatic heterocycles. The zero-order chi connectivity index (χ0) is 11.6. The van der Waals surface area contributed by atoms with Gasteiger partial charge in [0, 0.05) is 0 Å². The van der Waals surface area contributed by atoms with Crippen LogP contribution in [0.5, 0.6) is 0 Å². The van der Waals surface area contributed by atoms with E-state index in [1.807, 2.05) is 0 Å². The van der Waals surface area contributed by atoms with Gasteiger partial charge >= 0.3 is 5.97 Å². The highest BCUT2D eigenvalue weighted by Crippen LogP contribution is 2.42. The molecule has 1 saturated heterocycles. The fourth-order valence-electron chi connectivity index (χ4n) is 2.83. The van der Waals surface area contributed by atoms with Crippen molar-refractivity contribution in [3.05, 3.63) is 0 Å². The van der Waals surface area contributed by atoms with Gasteiger partial charge < -0.3 is 9.47 Å². The Bertz CT molecular complexity index is 291. The van der Waals surface area contributed by atoms with Crippen LogP contribution < -0.4 is 0 Å². The Labute approximate surface area is 95.3 Å². The minimum absolute atomic E-state index is 0.0729. The lowest BCUT2D eigenvalue weighted by molar-refractivity contribution is -0.158. The number of carbonyl (C=O) groups is 2. The van der Waals surface area contributed by atoms with Crippen LogP contribution in [0.25, 0.3) is 0 Å². The van der Waals surface area contributed by atoms with Crippen LogP contribution in [0.3, 0.4) is 0 Å². The minimum Gasteiger partial charge on any atom is -0.465 e. The molecule has 1 aliphatic heterocycles. The molecule has 0 N–H and O–H groups in total. The van der Waals surface area contributed by atoms with Crippen molar-refractivity contribution in [3.63, 3.8) is 0 Å². The first kappa shape index (κ1) is 11.6. The summed E-state index contributed by atoms with van der Waals surface area (Å²) in [7, 11) is 0. The van der Waals surface area contributed by atoms with Gasteiger partial charge in [0.2, 0.25) is 0 Å². The SMILES string of the molecule is CCOC(=O)C1C(=O)COC12CCCCC2. The third-order valence-corrected chi connectivity index (χ3v) is 3.57. The number of ether oxygens (including phenoxy) is 2. The number of carbonyl (C=O) groups excluding carboxylic acids is 2. The highest BCUT2D eigenvalue weighted by Gasteiger charge is 2.54. The summed E-state index contributed by atoms with van der Waals surface area (Å²) in [6, 6.07) is 0. The summed E-state index contributed by atoms with van der Waals surface area (Å²) in [5.41, 5.74) is -0.540. The zero-order valence-electron chi connectivity index (χ0n) is 9.66. The minimum atomic E-state index is -0.673. The molecule has 1 aliphatic carbocycles. The van der Waals surface area contributed by atoms with Gasteiger partial charge in [-0.1, -0.05) is 19.3 Å². The Morgan fingerprint density at radius 3 is 2.75 bits per heavy atom. The van der Waals surface area contributed by atoms with Crippen molar-refractivity contribution < 1.29 is 19.1 Å². The van der Waals surface area contributed by atoms with E-state index in [2.05, 4.69) is 0 Å². The molecule has 4 nitrogen and oxygen atoms in total. The largest absolute Gasteiger partial charge is 0.465 e. The van der Waals surface area contributed by atoms with Crippen molar-refractivity contribution in [3.8, 4) is 0 Å². The monoisotopic (exact) mass is 226 g/mol. The van der Waals surface area contributed by atoms with E-state index >= 15 is 0 Å². The van der Waals surface area contributed by atoms with Crippen LogP contribution in [0.4, 0.5) is 0 Å². The number of hydrogen-bond acceptors (Lipinski definition) is 4. The summed E-state index contributed by atoms with van der Waals surface area (Å²) in [5, 5.41) is 0. The summed E-state index contributed by atoms with van der Waals surface area (Å²) in [4.78, 5) is 23.5. The number of ketones is 1. The molecule has 0 aromatic carbocycles. The van der Waals surface area contributed by atoms with Gasteiger partial charge in [-0.3, -0.25) is 9.59 Å². The first-order valence-corrected chi connectivity index (χ1v) is 6.03. The van der Waals surface area contributed by atoms with Crippen LogP contribution in [0.2, 0.25) is 0 Å². The lowest BCUT2D eigenvalue weighted by Crippen LogP contribution is -2.44. The molecule has 2 aliphatic rings. The standard InChI is InChI=1S/C12H18O4/c1-2-15-11(14)10-9(13)8-16-12(10)6-4-3-5-7-12/h10H,2-8H2,1H3. The highest BCUT2D eigenvalue weighted by molar-refractivity contribution is 6.02. The number of hydrogen-bond donors (Lipinski definition) is 0. The fourth-order valence-corrected chi connectivity index (χ4v) is 2.83. The van der Waals surface area contributed by atoms with Crippen molar-refractivity contribution in [1.29, 1.82) is 0 Å². The molecular weight excluding hydrogens is 208 g/mol. The molecule has 16 heavy (non-hydrogen) atoms. The van der Waals surface area contributed by atoms with Crippen molar-refractivity contribution >= 4 is 11.8 Å². The van der Waals surface area contributed by atoms with Gasteiger partial charge in [0.05, 0.1) is 12.2 Å². The van der Waals surface area contributed by atoms with E-state index in [0.717, 1.165) is 32.1 Å². The smallest absolute Gasteiger partial charge is 0.319 e.